The van der Waals surface area contributed by atoms with Crippen molar-refractivity contribution in [3.05, 3.63) is 36.1 Å². The molecule has 0 spiro atoms. The Balaban J connectivity index is 1.34. The second-order valence-corrected chi connectivity index (χ2v) is 7.73. The van der Waals surface area contributed by atoms with Crippen molar-refractivity contribution >= 4 is 16.7 Å². The highest BCUT2D eigenvalue weighted by atomic mass is 16.5. The fourth-order valence-electron chi connectivity index (χ4n) is 4.14. The van der Waals surface area contributed by atoms with E-state index in [0.29, 0.717) is 17.6 Å². The molecule has 1 saturated heterocycles. The Hall–Kier alpha value is -2.74. The Morgan fingerprint density at radius 2 is 1.93 bits per heavy atom. The van der Waals surface area contributed by atoms with E-state index < -0.39 is 0 Å². The molecule has 0 radical (unpaired) electrons. The zero-order valence-electron chi connectivity index (χ0n) is 16.6. The number of fused-ring (bicyclic) bond motifs is 1. The number of morpholine rings is 1. The largest absolute Gasteiger partial charge is 0.474 e. The van der Waals surface area contributed by atoms with E-state index in [1.165, 1.54) is 0 Å². The summed E-state index contributed by atoms with van der Waals surface area (Å²) in [4.78, 5) is 16.0. The van der Waals surface area contributed by atoms with Gasteiger partial charge in [0.1, 0.15) is 11.9 Å². The molecule has 2 fully saturated rings. The molecule has 1 saturated carbocycles. The first kappa shape index (κ1) is 18.3. The summed E-state index contributed by atoms with van der Waals surface area (Å²) in [5.74, 6) is 3.35. The maximum Gasteiger partial charge on any atom is 0.229 e. The summed E-state index contributed by atoms with van der Waals surface area (Å²) in [5, 5.41) is 4.88. The first-order valence-corrected chi connectivity index (χ1v) is 10.3. The van der Waals surface area contributed by atoms with Crippen LogP contribution >= 0.6 is 0 Å². The number of nitrogens with zero attached hydrogens (tertiary/aromatic N) is 5. The number of pyridine rings is 2. The summed E-state index contributed by atoms with van der Waals surface area (Å²) in [5.41, 5.74) is 0.911. The van der Waals surface area contributed by atoms with Crippen LogP contribution in [0.15, 0.2) is 28.9 Å². The molecule has 0 aromatic carbocycles. The van der Waals surface area contributed by atoms with Crippen LogP contribution in [0.4, 0.5) is 5.82 Å². The minimum atomic E-state index is 0.131. The molecule has 4 heterocycles. The average molecular weight is 395 g/mol. The highest BCUT2D eigenvalue weighted by Crippen LogP contribution is 2.35. The molecule has 0 N–H and O–H groups in total. The average Bonchev–Trinajstić information content (AvgIpc) is 3.21. The van der Waals surface area contributed by atoms with Gasteiger partial charge in [0, 0.05) is 31.3 Å². The van der Waals surface area contributed by atoms with Gasteiger partial charge in [-0.05, 0) is 44.7 Å². The predicted octanol–water partition coefficient (Wildman–Crippen LogP) is 3.26. The number of hydrogen-bond donors (Lipinski definition) is 0. The molecule has 29 heavy (non-hydrogen) atoms. The summed E-state index contributed by atoms with van der Waals surface area (Å²) in [6, 6.07) is 6.00. The van der Waals surface area contributed by atoms with E-state index in [9.17, 15) is 0 Å². The van der Waals surface area contributed by atoms with Crippen LogP contribution in [0.1, 0.15) is 43.3 Å². The standard InChI is InChI=1S/C21H25N5O3/c1-14-23-20(29-25-14)15-4-6-16(7-5-15)28-21-17-3-2-8-22-18(17)13-19(24-21)26-9-11-27-12-10-26/h2-3,8,13,15-16H,4-7,9-12H2,1H3. The van der Waals surface area contributed by atoms with Crippen molar-refractivity contribution in [2.24, 2.45) is 0 Å². The van der Waals surface area contributed by atoms with Gasteiger partial charge in [-0.25, -0.2) is 0 Å². The van der Waals surface area contributed by atoms with Crippen molar-refractivity contribution in [1.29, 1.82) is 0 Å². The molecule has 8 heteroatoms. The number of hydrogen-bond acceptors (Lipinski definition) is 8. The second kappa shape index (κ2) is 7.94. The summed E-state index contributed by atoms with van der Waals surface area (Å²) >= 11 is 0. The third-order valence-corrected chi connectivity index (χ3v) is 5.73. The van der Waals surface area contributed by atoms with Crippen LogP contribution in [-0.2, 0) is 4.74 Å². The van der Waals surface area contributed by atoms with Crippen LogP contribution in [0, 0.1) is 6.92 Å². The molecule has 5 rings (SSSR count). The van der Waals surface area contributed by atoms with Crippen molar-refractivity contribution in [3.63, 3.8) is 0 Å². The fourth-order valence-corrected chi connectivity index (χ4v) is 4.14. The predicted molar refractivity (Wildman–Crippen MR) is 107 cm³/mol. The molecule has 8 nitrogen and oxygen atoms in total. The van der Waals surface area contributed by atoms with E-state index in [2.05, 4.69) is 20.0 Å². The monoisotopic (exact) mass is 395 g/mol. The van der Waals surface area contributed by atoms with E-state index in [1.54, 1.807) is 0 Å². The van der Waals surface area contributed by atoms with Crippen molar-refractivity contribution in [2.45, 2.75) is 44.6 Å². The van der Waals surface area contributed by atoms with E-state index in [-0.39, 0.29) is 6.10 Å². The minimum Gasteiger partial charge on any atom is -0.474 e. The number of rotatable bonds is 4. The van der Waals surface area contributed by atoms with E-state index in [0.717, 1.165) is 74.6 Å². The van der Waals surface area contributed by atoms with Crippen LogP contribution in [-0.4, -0.2) is 52.5 Å². The van der Waals surface area contributed by atoms with Crippen LogP contribution in [0.25, 0.3) is 10.9 Å². The molecule has 0 bridgehead atoms. The Kier molecular flexibility index (Phi) is 5.01. The Morgan fingerprint density at radius 3 is 2.69 bits per heavy atom. The van der Waals surface area contributed by atoms with Gasteiger partial charge in [0.05, 0.1) is 24.1 Å². The zero-order valence-corrected chi connectivity index (χ0v) is 16.6. The molecule has 1 aliphatic heterocycles. The fraction of sp³-hybridized carbons (Fsp3) is 0.524. The van der Waals surface area contributed by atoms with Crippen LogP contribution in [0.3, 0.4) is 0 Å². The van der Waals surface area contributed by atoms with Gasteiger partial charge in [0.2, 0.25) is 11.8 Å². The molecule has 2 aliphatic rings. The zero-order chi connectivity index (χ0) is 19.6. The van der Waals surface area contributed by atoms with Gasteiger partial charge in [-0.1, -0.05) is 5.16 Å². The van der Waals surface area contributed by atoms with E-state index in [1.807, 2.05) is 31.3 Å². The van der Waals surface area contributed by atoms with Gasteiger partial charge in [-0.3, -0.25) is 4.98 Å². The highest BCUT2D eigenvalue weighted by Gasteiger charge is 2.28. The van der Waals surface area contributed by atoms with Gasteiger partial charge in [-0.15, -0.1) is 0 Å². The number of ether oxygens (including phenoxy) is 2. The van der Waals surface area contributed by atoms with Gasteiger partial charge in [0.25, 0.3) is 0 Å². The molecular weight excluding hydrogens is 370 g/mol. The lowest BCUT2D eigenvalue weighted by Crippen LogP contribution is -2.36. The van der Waals surface area contributed by atoms with Crippen LogP contribution < -0.4 is 9.64 Å². The van der Waals surface area contributed by atoms with Gasteiger partial charge >= 0.3 is 0 Å². The minimum absolute atomic E-state index is 0.131. The lowest BCUT2D eigenvalue weighted by atomic mass is 9.87. The Labute approximate surface area is 169 Å². The summed E-state index contributed by atoms with van der Waals surface area (Å²) in [6.07, 6.45) is 5.78. The van der Waals surface area contributed by atoms with Gasteiger partial charge in [-0.2, -0.15) is 9.97 Å². The maximum absolute atomic E-state index is 6.41. The lowest BCUT2D eigenvalue weighted by molar-refractivity contribution is 0.121. The second-order valence-electron chi connectivity index (χ2n) is 7.73. The molecule has 3 aromatic heterocycles. The topological polar surface area (TPSA) is 86.4 Å². The first-order valence-electron chi connectivity index (χ1n) is 10.3. The van der Waals surface area contributed by atoms with Crippen LogP contribution in [0.5, 0.6) is 5.88 Å². The van der Waals surface area contributed by atoms with Crippen molar-refractivity contribution < 1.29 is 14.0 Å². The first-order chi connectivity index (χ1) is 14.3. The number of anilines is 1. The molecule has 1 aliphatic carbocycles. The molecule has 3 aromatic rings. The highest BCUT2D eigenvalue weighted by molar-refractivity contribution is 5.85. The third kappa shape index (κ3) is 3.89. The van der Waals surface area contributed by atoms with Crippen molar-refractivity contribution in [3.8, 4) is 5.88 Å². The molecular formula is C21H25N5O3. The van der Waals surface area contributed by atoms with Gasteiger partial charge < -0.3 is 18.9 Å². The quantitative estimate of drug-likeness (QED) is 0.665. The van der Waals surface area contributed by atoms with Gasteiger partial charge in [0.15, 0.2) is 5.82 Å². The van der Waals surface area contributed by atoms with Crippen LogP contribution in [0.2, 0.25) is 0 Å². The Bertz CT molecular complexity index is 977. The normalized spacial score (nSPS) is 22.7. The molecule has 0 amide bonds. The number of aryl methyl sites for hydroxylation is 1. The molecule has 152 valence electrons. The summed E-state index contributed by atoms with van der Waals surface area (Å²) < 4.78 is 17.2. The maximum atomic E-state index is 6.41. The smallest absolute Gasteiger partial charge is 0.229 e. The third-order valence-electron chi connectivity index (χ3n) is 5.73. The lowest BCUT2D eigenvalue weighted by Gasteiger charge is -2.30. The van der Waals surface area contributed by atoms with Crippen molar-refractivity contribution in [1.82, 2.24) is 20.1 Å². The SMILES string of the molecule is Cc1noc(C2CCC(Oc3nc(N4CCOCC4)cc4ncccc34)CC2)n1. The summed E-state index contributed by atoms with van der Waals surface area (Å²) in [7, 11) is 0. The molecule has 0 atom stereocenters. The number of aromatic nitrogens is 4. The molecule has 0 unspecified atom stereocenters. The van der Waals surface area contributed by atoms with E-state index in [4.69, 9.17) is 19.0 Å². The Morgan fingerprint density at radius 1 is 1.10 bits per heavy atom. The van der Waals surface area contributed by atoms with Crippen molar-refractivity contribution in [2.75, 3.05) is 31.2 Å². The van der Waals surface area contributed by atoms with E-state index >= 15 is 0 Å². The summed E-state index contributed by atoms with van der Waals surface area (Å²) in [6.45, 7) is 4.96.